The van der Waals surface area contributed by atoms with Crippen molar-refractivity contribution < 1.29 is 0 Å². The summed E-state index contributed by atoms with van der Waals surface area (Å²) in [6, 6.07) is 4.30. The first-order valence-corrected chi connectivity index (χ1v) is 7.60. The van der Waals surface area contributed by atoms with Gasteiger partial charge >= 0.3 is 0 Å². The average Bonchev–Trinajstić information content (AvgIpc) is 2.74. The molecule has 5 heteroatoms. The first kappa shape index (κ1) is 15.3. The number of hydrogen-bond acceptors (Lipinski definition) is 3. The van der Waals surface area contributed by atoms with Gasteiger partial charge in [0, 0.05) is 25.0 Å². The molecule has 0 fully saturated rings. The molecule has 0 bridgehead atoms. The summed E-state index contributed by atoms with van der Waals surface area (Å²) in [5, 5.41) is 0. The van der Waals surface area contributed by atoms with Crippen LogP contribution in [0, 0.1) is 5.92 Å². The van der Waals surface area contributed by atoms with Crippen LogP contribution < -0.4 is 0 Å². The van der Waals surface area contributed by atoms with Gasteiger partial charge in [-0.2, -0.15) is 0 Å². The fraction of sp³-hybridized carbons (Fsp3) is 0.600. The number of fused-ring (bicyclic) bond motifs is 1. The molecular weight excluding hydrogens is 272 g/mol. The van der Waals surface area contributed by atoms with Crippen LogP contribution >= 0.6 is 11.6 Å². The smallest absolute Gasteiger partial charge is 0.160 e. The number of imidazole rings is 1. The highest BCUT2D eigenvalue weighted by Gasteiger charge is 2.23. The van der Waals surface area contributed by atoms with Crippen molar-refractivity contribution >= 4 is 22.8 Å². The van der Waals surface area contributed by atoms with Gasteiger partial charge in [0.15, 0.2) is 5.65 Å². The summed E-state index contributed by atoms with van der Waals surface area (Å²) < 4.78 is 2.28. The number of aromatic nitrogens is 3. The number of pyridine rings is 1. The Morgan fingerprint density at radius 3 is 2.70 bits per heavy atom. The van der Waals surface area contributed by atoms with Gasteiger partial charge in [0.2, 0.25) is 0 Å². The van der Waals surface area contributed by atoms with E-state index in [-0.39, 0.29) is 0 Å². The largest absolute Gasteiger partial charge is 0.308 e. The van der Waals surface area contributed by atoms with Crippen molar-refractivity contribution in [2.45, 2.75) is 26.3 Å². The highest BCUT2D eigenvalue weighted by atomic mass is 35.5. The molecule has 2 aromatic heterocycles. The first-order valence-electron chi connectivity index (χ1n) is 7.07. The predicted molar refractivity (Wildman–Crippen MR) is 84.4 cm³/mol. The zero-order valence-corrected chi connectivity index (χ0v) is 13.4. The van der Waals surface area contributed by atoms with E-state index >= 15 is 0 Å². The van der Waals surface area contributed by atoms with E-state index in [0.29, 0.717) is 17.8 Å². The third-order valence-corrected chi connectivity index (χ3v) is 3.68. The topological polar surface area (TPSA) is 34.0 Å². The van der Waals surface area contributed by atoms with Crippen molar-refractivity contribution in [2.75, 3.05) is 26.5 Å². The molecule has 0 aromatic carbocycles. The van der Waals surface area contributed by atoms with Gasteiger partial charge < -0.3 is 9.47 Å². The molecule has 0 amide bonds. The minimum Gasteiger partial charge on any atom is -0.308 e. The molecule has 0 aliphatic heterocycles. The summed E-state index contributed by atoms with van der Waals surface area (Å²) in [4.78, 5) is 11.5. The Morgan fingerprint density at radius 2 is 2.10 bits per heavy atom. The SMILES string of the molecule is CC(C)C(CN(C)C)n1c(CCCl)nc2cccnc21. The molecule has 0 saturated heterocycles. The number of hydrogen-bond donors (Lipinski definition) is 0. The van der Waals surface area contributed by atoms with Gasteiger partial charge in [-0.05, 0) is 32.1 Å². The van der Waals surface area contributed by atoms with Crippen LogP contribution in [0.3, 0.4) is 0 Å². The summed E-state index contributed by atoms with van der Waals surface area (Å²) in [6.45, 7) is 5.45. The molecular formula is C15H23ClN4. The lowest BCUT2D eigenvalue weighted by molar-refractivity contribution is 0.269. The number of aryl methyl sites for hydroxylation is 1. The standard InChI is InChI=1S/C15H23ClN4/c1-11(2)13(10-19(3)4)20-14(7-8-16)18-12-6-5-9-17-15(12)20/h5-6,9,11,13H,7-8,10H2,1-4H3. The lowest BCUT2D eigenvalue weighted by Gasteiger charge is -2.27. The van der Waals surface area contributed by atoms with Gasteiger partial charge in [-0.15, -0.1) is 11.6 Å². The van der Waals surface area contributed by atoms with Gasteiger partial charge in [-0.3, -0.25) is 0 Å². The molecule has 0 radical (unpaired) electrons. The predicted octanol–water partition coefficient (Wildman–Crippen LogP) is 2.97. The molecule has 20 heavy (non-hydrogen) atoms. The van der Waals surface area contributed by atoms with E-state index in [4.69, 9.17) is 16.6 Å². The second kappa shape index (κ2) is 6.55. The molecule has 4 nitrogen and oxygen atoms in total. The van der Waals surface area contributed by atoms with Crippen molar-refractivity contribution in [1.82, 2.24) is 19.4 Å². The maximum absolute atomic E-state index is 5.94. The molecule has 1 atom stereocenters. The summed E-state index contributed by atoms with van der Waals surface area (Å²) >= 11 is 5.94. The highest BCUT2D eigenvalue weighted by Crippen LogP contribution is 2.26. The molecule has 2 rings (SSSR count). The van der Waals surface area contributed by atoms with Crippen LogP contribution in [0.5, 0.6) is 0 Å². The normalized spacial score (nSPS) is 13.6. The number of nitrogens with zero attached hydrogens (tertiary/aromatic N) is 4. The van der Waals surface area contributed by atoms with Crippen LogP contribution in [0.2, 0.25) is 0 Å². The molecule has 0 aliphatic rings. The maximum atomic E-state index is 5.94. The average molecular weight is 295 g/mol. The van der Waals surface area contributed by atoms with Gasteiger partial charge in [0.1, 0.15) is 11.3 Å². The van der Waals surface area contributed by atoms with E-state index in [2.05, 4.69) is 42.4 Å². The molecule has 0 N–H and O–H groups in total. The fourth-order valence-corrected chi connectivity index (χ4v) is 2.72. The Kier molecular flexibility index (Phi) is 5.00. The molecule has 0 saturated carbocycles. The van der Waals surface area contributed by atoms with E-state index in [1.165, 1.54) is 0 Å². The van der Waals surface area contributed by atoms with Crippen molar-refractivity contribution in [3.05, 3.63) is 24.2 Å². The number of halogens is 1. The van der Waals surface area contributed by atoms with Crippen LogP contribution in [0.25, 0.3) is 11.2 Å². The fourth-order valence-electron chi connectivity index (χ4n) is 2.55. The van der Waals surface area contributed by atoms with E-state index in [9.17, 15) is 0 Å². The summed E-state index contributed by atoms with van der Waals surface area (Å²) in [6.07, 6.45) is 2.60. The van der Waals surface area contributed by atoms with Crippen LogP contribution in [-0.4, -0.2) is 46.0 Å². The molecule has 2 heterocycles. The minimum atomic E-state index is 0.350. The summed E-state index contributed by atoms with van der Waals surface area (Å²) in [7, 11) is 4.20. The minimum absolute atomic E-state index is 0.350. The Bertz CT molecular complexity index is 562. The lowest BCUT2D eigenvalue weighted by Crippen LogP contribution is -2.29. The van der Waals surface area contributed by atoms with Crippen molar-refractivity contribution in [3.8, 4) is 0 Å². The van der Waals surface area contributed by atoms with Crippen LogP contribution in [0.1, 0.15) is 25.7 Å². The van der Waals surface area contributed by atoms with Gasteiger partial charge in [0.25, 0.3) is 0 Å². The quantitative estimate of drug-likeness (QED) is 0.768. The van der Waals surface area contributed by atoms with Crippen molar-refractivity contribution in [2.24, 2.45) is 5.92 Å². The van der Waals surface area contributed by atoms with E-state index < -0.39 is 0 Å². The number of rotatable bonds is 6. The molecule has 0 aliphatic carbocycles. The van der Waals surface area contributed by atoms with Gasteiger partial charge in [-0.1, -0.05) is 13.8 Å². The zero-order valence-electron chi connectivity index (χ0n) is 12.7. The summed E-state index contributed by atoms with van der Waals surface area (Å²) in [5.74, 6) is 2.12. The van der Waals surface area contributed by atoms with Crippen LogP contribution in [0.4, 0.5) is 0 Å². The number of likely N-dealkylation sites (N-methyl/N-ethyl adjacent to an activating group) is 1. The van der Waals surface area contributed by atoms with Crippen molar-refractivity contribution in [3.63, 3.8) is 0 Å². The van der Waals surface area contributed by atoms with Gasteiger partial charge in [0.05, 0.1) is 6.04 Å². The van der Waals surface area contributed by atoms with E-state index in [1.807, 2.05) is 18.3 Å². The zero-order chi connectivity index (χ0) is 14.7. The van der Waals surface area contributed by atoms with Crippen LogP contribution in [0.15, 0.2) is 18.3 Å². The molecule has 2 aromatic rings. The Morgan fingerprint density at radius 1 is 1.35 bits per heavy atom. The Balaban J connectivity index is 2.55. The van der Waals surface area contributed by atoms with Crippen molar-refractivity contribution in [1.29, 1.82) is 0 Å². The monoisotopic (exact) mass is 294 g/mol. The molecule has 110 valence electrons. The second-order valence-corrected chi connectivity index (χ2v) is 6.13. The lowest BCUT2D eigenvalue weighted by atomic mass is 10.0. The number of alkyl halides is 1. The Hall–Kier alpha value is -1.13. The summed E-state index contributed by atoms with van der Waals surface area (Å²) in [5.41, 5.74) is 1.92. The molecule has 1 unspecified atom stereocenters. The first-order chi connectivity index (χ1) is 9.54. The third kappa shape index (κ3) is 3.13. The maximum Gasteiger partial charge on any atom is 0.160 e. The third-order valence-electron chi connectivity index (χ3n) is 3.49. The van der Waals surface area contributed by atoms with E-state index in [1.54, 1.807) is 0 Å². The second-order valence-electron chi connectivity index (χ2n) is 5.76. The Labute approximate surface area is 125 Å². The molecule has 0 spiro atoms. The van der Waals surface area contributed by atoms with E-state index in [0.717, 1.165) is 30.0 Å². The van der Waals surface area contributed by atoms with Crippen LogP contribution in [-0.2, 0) is 6.42 Å². The highest BCUT2D eigenvalue weighted by molar-refractivity contribution is 6.17. The van der Waals surface area contributed by atoms with Gasteiger partial charge in [-0.25, -0.2) is 9.97 Å².